The summed E-state index contributed by atoms with van der Waals surface area (Å²) in [4.78, 5) is 3.34. The highest BCUT2D eigenvalue weighted by Gasteiger charge is 2.13. The first-order chi connectivity index (χ1) is 6.72. The first-order valence-electron chi connectivity index (χ1n) is 4.27. The Balaban J connectivity index is 3.26. The van der Waals surface area contributed by atoms with Crippen LogP contribution in [0.4, 0.5) is 0 Å². The molecule has 1 rings (SSSR count). The van der Waals surface area contributed by atoms with Crippen molar-refractivity contribution in [1.29, 1.82) is 0 Å². The van der Waals surface area contributed by atoms with Crippen LogP contribution >= 0.6 is 0 Å². The van der Waals surface area contributed by atoms with Gasteiger partial charge in [-0.3, -0.25) is 0 Å². The van der Waals surface area contributed by atoms with Crippen molar-refractivity contribution in [1.82, 2.24) is 0 Å². The summed E-state index contributed by atoms with van der Waals surface area (Å²) < 4.78 is 10.4. The molecule has 0 unspecified atom stereocenters. The van der Waals surface area contributed by atoms with E-state index < -0.39 is 0 Å². The van der Waals surface area contributed by atoms with Crippen LogP contribution in [0.25, 0.3) is 4.85 Å². The van der Waals surface area contributed by atoms with E-state index >= 15 is 0 Å². The molecule has 0 bridgehead atoms. The van der Waals surface area contributed by atoms with Gasteiger partial charge in [-0.2, -0.15) is 0 Å². The van der Waals surface area contributed by atoms with E-state index in [1.165, 1.54) is 0 Å². The summed E-state index contributed by atoms with van der Waals surface area (Å²) in [6, 6.07) is 3.81. The summed E-state index contributed by atoms with van der Waals surface area (Å²) in [5.41, 5.74) is 1.88. The van der Waals surface area contributed by atoms with Gasteiger partial charge < -0.3 is 14.3 Å². The maximum absolute atomic E-state index is 6.85. The molecule has 0 aromatic heterocycles. The minimum Gasteiger partial charge on any atom is -0.496 e. The van der Waals surface area contributed by atoms with Gasteiger partial charge in [0.05, 0.1) is 14.2 Å². The van der Waals surface area contributed by atoms with Crippen molar-refractivity contribution < 1.29 is 9.47 Å². The topological polar surface area (TPSA) is 22.8 Å². The molecule has 0 N–H and O–H groups in total. The number of aryl methyl sites for hydroxylation is 1. The molecule has 0 heterocycles. The number of hydrogen-bond acceptors (Lipinski definition) is 2. The Bertz CT molecular complexity index is 341. The highest BCUT2D eigenvalue weighted by Crippen LogP contribution is 2.30. The maximum atomic E-state index is 6.85. The lowest BCUT2D eigenvalue weighted by Gasteiger charge is -2.10. The lowest BCUT2D eigenvalue weighted by Crippen LogP contribution is -1.96. The van der Waals surface area contributed by atoms with Crippen LogP contribution in [-0.4, -0.2) is 14.2 Å². The molecule has 0 saturated heterocycles. The van der Waals surface area contributed by atoms with Gasteiger partial charge in [0.1, 0.15) is 17.1 Å². The SMILES string of the molecule is [C-]#[N+]Cc1c(OC)cc(C)cc1OC. The van der Waals surface area contributed by atoms with Gasteiger partial charge in [-0.15, -0.1) is 0 Å². The molecule has 74 valence electrons. The zero-order valence-corrected chi connectivity index (χ0v) is 8.63. The Hall–Kier alpha value is -1.69. The van der Waals surface area contributed by atoms with Gasteiger partial charge >= 0.3 is 0 Å². The van der Waals surface area contributed by atoms with Gasteiger partial charge in [0.15, 0.2) is 0 Å². The molecule has 0 fully saturated rings. The molecule has 3 nitrogen and oxygen atoms in total. The lowest BCUT2D eigenvalue weighted by atomic mass is 10.1. The van der Waals surface area contributed by atoms with E-state index in [4.69, 9.17) is 16.0 Å². The van der Waals surface area contributed by atoms with Crippen LogP contribution in [-0.2, 0) is 6.54 Å². The molecule has 3 heteroatoms. The molecule has 0 amide bonds. The second-order valence-corrected chi connectivity index (χ2v) is 2.96. The smallest absolute Gasteiger partial charge is 0.246 e. The third-order valence-electron chi connectivity index (χ3n) is 1.99. The summed E-state index contributed by atoms with van der Waals surface area (Å²) in [6.45, 7) is 9.10. The highest BCUT2D eigenvalue weighted by molar-refractivity contribution is 5.48. The Morgan fingerprint density at radius 3 is 2.07 bits per heavy atom. The van der Waals surface area contributed by atoms with Gasteiger partial charge in [-0.05, 0) is 24.6 Å². The Kier molecular flexibility index (Phi) is 3.35. The van der Waals surface area contributed by atoms with Gasteiger partial charge in [0, 0.05) is 0 Å². The summed E-state index contributed by atoms with van der Waals surface area (Å²) in [7, 11) is 3.20. The molecule has 0 atom stereocenters. The summed E-state index contributed by atoms with van der Waals surface area (Å²) >= 11 is 0. The van der Waals surface area contributed by atoms with E-state index in [2.05, 4.69) is 4.85 Å². The first-order valence-corrected chi connectivity index (χ1v) is 4.27. The molecule has 0 aliphatic rings. The number of hydrogen-bond donors (Lipinski definition) is 0. The van der Waals surface area contributed by atoms with Gasteiger partial charge in [-0.1, -0.05) is 0 Å². The molecule has 0 aliphatic carbocycles. The van der Waals surface area contributed by atoms with E-state index in [0.29, 0.717) is 0 Å². The minimum absolute atomic E-state index is 0.284. The molecule has 0 spiro atoms. The molecule has 1 aromatic rings. The van der Waals surface area contributed by atoms with Gasteiger partial charge in [-0.25, -0.2) is 6.57 Å². The predicted octanol–water partition coefficient (Wildman–Crippen LogP) is 2.43. The van der Waals surface area contributed by atoms with Crippen LogP contribution in [0.2, 0.25) is 0 Å². The van der Waals surface area contributed by atoms with Crippen LogP contribution in [0.15, 0.2) is 12.1 Å². The zero-order chi connectivity index (χ0) is 10.6. The molecular weight excluding hydrogens is 178 g/mol. The van der Waals surface area contributed by atoms with E-state index in [-0.39, 0.29) is 6.54 Å². The molecule has 14 heavy (non-hydrogen) atoms. The van der Waals surface area contributed by atoms with Crippen molar-refractivity contribution in [2.45, 2.75) is 13.5 Å². The van der Waals surface area contributed by atoms with Crippen molar-refractivity contribution in [2.75, 3.05) is 14.2 Å². The minimum atomic E-state index is 0.284. The van der Waals surface area contributed by atoms with Crippen molar-refractivity contribution in [3.63, 3.8) is 0 Å². The van der Waals surface area contributed by atoms with Gasteiger partial charge in [0.2, 0.25) is 6.54 Å². The highest BCUT2D eigenvalue weighted by atomic mass is 16.5. The number of benzene rings is 1. The summed E-state index contributed by atoms with van der Waals surface area (Å²) in [5, 5.41) is 0. The fourth-order valence-corrected chi connectivity index (χ4v) is 1.35. The van der Waals surface area contributed by atoms with Crippen molar-refractivity contribution in [3.05, 3.63) is 34.7 Å². The van der Waals surface area contributed by atoms with E-state index in [1.54, 1.807) is 14.2 Å². The van der Waals surface area contributed by atoms with E-state index in [0.717, 1.165) is 22.6 Å². The van der Waals surface area contributed by atoms with Crippen LogP contribution in [0.5, 0.6) is 11.5 Å². The van der Waals surface area contributed by atoms with Crippen molar-refractivity contribution in [3.8, 4) is 11.5 Å². The fraction of sp³-hybridized carbons (Fsp3) is 0.364. The molecule has 0 radical (unpaired) electrons. The number of ether oxygens (including phenoxy) is 2. The van der Waals surface area contributed by atoms with E-state index in [1.807, 2.05) is 19.1 Å². The Labute approximate surface area is 84.1 Å². The quantitative estimate of drug-likeness (QED) is 0.685. The molecule has 0 saturated carbocycles. The monoisotopic (exact) mass is 191 g/mol. The average Bonchev–Trinajstić information content (AvgIpc) is 2.20. The lowest BCUT2D eigenvalue weighted by molar-refractivity contribution is 0.386. The number of rotatable bonds is 3. The van der Waals surface area contributed by atoms with Crippen LogP contribution in [0.3, 0.4) is 0 Å². The second-order valence-electron chi connectivity index (χ2n) is 2.96. The number of nitrogens with zero attached hydrogens (tertiary/aromatic N) is 1. The van der Waals surface area contributed by atoms with Crippen LogP contribution in [0, 0.1) is 13.5 Å². The standard InChI is InChI=1S/C11H13NO2/c1-8-5-10(13-3)9(7-12-2)11(6-8)14-4/h5-6H,7H2,1,3-4H3. The second kappa shape index (κ2) is 4.52. The Morgan fingerprint density at radius 2 is 1.71 bits per heavy atom. The molecular formula is C11H13NO2. The number of methoxy groups -OCH3 is 2. The van der Waals surface area contributed by atoms with E-state index in [9.17, 15) is 0 Å². The van der Waals surface area contributed by atoms with Crippen LogP contribution in [0.1, 0.15) is 11.1 Å². The van der Waals surface area contributed by atoms with Gasteiger partial charge in [0.25, 0.3) is 0 Å². The third kappa shape index (κ3) is 1.97. The molecule has 0 aliphatic heterocycles. The van der Waals surface area contributed by atoms with Crippen molar-refractivity contribution >= 4 is 0 Å². The summed E-state index contributed by atoms with van der Waals surface area (Å²) in [6.07, 6.45) is 0. The first kappa shape index (κ1) is 10.4. The van der Waals surface area contributed by atoms with Crippen LogP contribution < -0.4 is 9.47 Å². The average molecular weight is 191 g/mol. The normalized spacial score (nSPS) is 9.29. The third-order valence-corrected chi connectivity index (χ3v) is 1.99. The Morgan fingerprint density at radius 1 is 1.21 bits per heavy atom. The maximum Gasteiger partial charge on any atom is 0.246 e. The largest absolute Gasteiger partial charge is 0.496 e. The molecule has 1 aromatic carbocycles. The predicted molar refractivity (Wildman–Crippen MR) is 54.6 cm³/mol. The zero-order valence-electron chi connectivity index (χ0n) is 8.63. The fourth-order valence-electron chi connectivity index (χ4n) is 1.35. The van der Waals surface area contributed by atoms with Crippen molar-refractivity contribution in [2.24, 2.45) is 0 Å². The summed E-state index contributed by atoms with van der Waals surface area (Å²) in [5.74, 6) is 1.44.